The van der Waals surface area contributed by atoms with E-state index in [4.69, 9.17) is 46.4 Å². The van der Waals surface area contributed by atoms with Gasteiger partial charge < -0.3 is 5.32 Å². The van der Waals surface area contributed by atoms with Crippen LogP contribution in [0.3, 0.4) is 0 Å². The summed E-state index contributed by atoms with van der Waals surface area (Å²) < 4.78 is 0. The zero-order chi connectivity index (χ0) is 15.4. The summed E-state index contributed by atoms with van der Waals surface area (Å²) in [4.78, 5) is 11.9. The van der Waals surface area contributed by atoms with Crippen molar-refractivity contribution < 1.29 is 4.79 Å². The molecule has 0 saturated heterocycles. The van der Waals surface area contributed by atoms with Gasteiger partial charge in [-0.05, 0) is 42.3 Å². The second-order valence-corrected chi connectivity index (χ2v) is 6.10. The first-order chi connectivity index (χ1) is 9.95. The molecule has 2 aromatic rings. The van der Waals surface area contributed by atoms with Gasteiger partial charge >= 0.3 is 0 Å². The van der Waals surface area contributed by atoms with Crippen LogP contribution in [0.5, 0.6) is 0 Å². The fourth-order valence-electron chi connectivity index (χ4n) is 1.78. The molecule has 0 spiro atoms. The van der Waals surface area contributed by atoms with E-state index in [1.807, 2.05) is 6.07 Å². The van der Waals surface area contributed by atoms with Crippen molar-refractivity contribution in [2.24, 2.45) is 0 Å². The molecule has 0 unspecified atom stereocenters. The number of carbonyl (C=O) groups excluding carboxylic acids is 1. The number of hydrogen-bond donors (Lipinski definition) is 1. The van der Waals surface area contributed by atoms with Crippen molar-refractivity contribution in [3.63, 3.8) is 0 Å². The first-order valence-electron chi connectivity index (χ1n) is 6.14. The SMILES string of the molecule is O=C(CCc1ccc(Cl)cc1Cl)Nc1cc(Cl)ccc1Cl. The molecule has 0 heterocycles. The zero-order valence-corrected chi connectivity index (χ0v) is 13.8. The molecule has 2 aromatic carbocycles. The van der Waals surface area contributed by atoms with E-state index in [9.17, 15) is 4.79 Å². The van der Waals surface area contributed by atoms with Gasteiger partial charge in [-0.1, -0.05) is 52.5 Å². The van der Waals surface area contributed by atoms with Gasteiger partial charge in [0.15, 0.2) is 0 Å². The van der Waals surface area contributed by atoms with Gasteiger partial charge in [-0.3, -0.25) is 4.79 Å². The third-order valence-electron chi connectivity index (χ3n) is 2.84. The number of benzene rings is 2. The Morgan fingerprint density at radius 1 is 0.905 bits per heavy atom. The summed E-state index contributed by atoms with van der Waals surface area (Å²) in [6.45, 7) is 0. The summed E-state index contributed by atoms with van der Waals surface area (Å²) in [6, 6.07) is 10.1. The quantitative estimate of drug-likeness (QED) is 0.723. The Morgan fingerprint density at radius 3 is 2.29 bits per heavy atom. The van der Waals surface area contributed by atoms with Crippen molar-refractivity contribution in [3.05, 3.63) is 62.1 Å². The lowest BCUT2D eigenvalue weighted by Gasteiger charge is -2.08. The minimum Gasteiger partial charge on any atom is -0.325 e. The molecule has 0 aliphatic rings. The molecule has 0 aromatic heterocycles. The van der Waals surface area contributed by atoms with E-state index in [0.29, 0.717) is 32.2 Å². The van der Waals surface area contributed by atoms with Crippen molar-refractivity contribution in [2.45, 2.75) is 12.8 Å². The molecule has 0 bridgehead atoms. The predicted octanol–water partition coefficient (Wildman–Crippen LogP) is 5.87. The number of rotatable bonds is 4. The van der Waals surface area contributed by atoms with Crippen LogP contribution in [0.4, 0.5) is 5.69 Å². The number of halogens is 4. The standard InChI is InChI=1S/C15H11Cl4NO/c16-10-3-1-9(13(19)7-10)2-6-15(21)20-14-8-11(17)4-5-12(14)18/h1,3-5,7-8H,2,6H2,(H,20,21). The van der Waals surface area contributed by atoms with Crippen molar-refractivity contribution in [3.8, 4) is 0 Å². The molecule has 1 N–H and O–H groups in total. The second-order valence-electron chi connectivity index (χ2n) is 4.41. The highest BCUT2D eigenvalue weighted by atomic mass is 35.5. The van der Waals surface area contributed by atoms with E-state index in [1.165, 1.54) is 0 Å². The predicted molar refractivity (Wildman–Crippen MR) is 89.9 cm³/mol. The lowest BCUT2D eigenvalue weighted by atomic mass is 10.1. The van der Waals surface area contributed by atoms with E-state index in [0.717, 1.165) is 5.56 Å². The Morgan fingerprint density at radius 2 is 1.57 bits per heavy atom. The van der Waals surface area contributed by atoms with Crippen LogP contribution in [-0.4, -0.2) is 5.91 Å². The molecule has 110 valence electrons. The molecule has 1 amide bonds. The Bertz CT molecular complexity index is 673. The average Bonchev–Trinajstić information content (AvgIpc) is 2.42. The van der Waals surface area contributed by atoms with Gasteiger partial charge in [0.1, 0.15) is 0 Å². The van der Waals surface area contributed by atoms with E-state index < -0.39 is 0 Å². The molecule has 6 heteroatoms. The molecule has 2 nitrogen and oxygen atoms in total. The maximum absolute atomic E-state index is 11.9. The van der Waals surface area contributed by atoms with Crippen molar-refractivity contribution >= 4 is 58.0 Å². The van der Waals surface area contributed by atoms with Crippen LogP contribution >= 0.6 is 46.4 Å². The second kappa shape index (κ2) is 7.37. The Balaban J connectivity index is 1.97. The summed E-state index contributed by atoms with van der Waals surface area (Å²) in [5.74, 6) is -0.162. The van der Waals surface area contributed by atoms with Gasteiger partial charge in [-0.25, -0.2) is 0 Å². The number of carbonyl (C=O) groups is 1. The smallest absolute Gasteiger partial charge is 0.224 e. The van der Waals surface area contributed by atoms with Gasteiger partial charge in [0.2, 0.25) is 5.91 Å². The summed E-state index contributed by atoms with van der Waals surface area (Å²) in [7, 11) is 0. The molecule has 0 saturated carbocycles. The Hall–Kier alpha value is -0.930. The van der Waals surface area contributed by atoms with Crippen molar-refractivity contribution in [1.29, 1.82) is 0 Å². The topological polar surface area (TPSA) is 29.1 Å². The van der Waals surface area contributed by atoms with Gasteiger partial charge in [0, 0.05) is 21.5 Å². The highest BCUT2D eigenvalue weighted by molar-refractivity contribution is 6.36. The third-order valence-corrected chi connectivity index (χ3v) is 3.99. The summed E-state index contributed by atoms with van der Waals surface area (Å²) in [5, 5.41) is 4.80. The molecule has 0 aliphatic carbocycles. The van der Waals surface area contributed by atoms with Crippen molar-refractivity contribution in [2.75, 3.05) is 5.32 Å². The van der Waals surface area contributed by atoms with E-state index in [2.05, 4.69) is 5.32 Å². The molecular formula is C15H11Cl4NO. The first kappa shape index (κ1) is 16.4. The molecule has 2 rings (SSSR count). The number of nitrogens with one attached hydrogen (secondary N) is 1. The van der Waals surface area contributed by atoms with Crippen LogP contribution in [0.1, 0.15) is 12.0 Å². The van der Waals surface area contributed by atoms with E-state index >= 15 is 0 Å². The maximum Gasteiger partial charge on any atom is 0.224 e. The number of amides is 1. The molecule has 0 radical (unpaired) electrons. The first-order valence-corrected chi connectivity index (χ1v) is 7.66. The molecular weight excluding hydrogens is 352 g/mol. The lowest BCUT2D eigenvalue weighted by Crippen LogP contribution is -2.12. The van der Waals surface area contributed by atoms with Gasteiger partial charge in [-0.15, -0.1) is 0 Å². The van der Waals surface area contributed by atoms with Crippen LogP contribution in [0.2, 0.25) is 20.1 Å². The molecule has 0 atom stereocenters. The van der Waals surface area contributed by atoms with Crippen LogP contribution in [0, 0.1) is 0 Å². The third kappa shape index (κ3) is 4.79. The number of hydrogen-bond acceptors (Lipinski definition) is 1. The van der Waals surface area contributed by atoms with Crippen LogP contribution in [0.25, 0.3) is 0 Å². The minimum absolute atomic E-state index is 0.162. The van der Waals surface area contributed by atoms with Crippen LogP contribution < -0.4 is 5.32 Å². The zero-order valence-electron chi connectivity index (χ0n) is 10.8. The monoisotopic (exact) mass is 361 g/mol. The van der Waals surface area contributed by atoms with Crippen LogP contribution in [-0.2, 0) is 11.2 Å². The fourth-order valence-corrected chi connectivity index (χ4v) is 2.62. The Labute approximate surface area is 143 Å². The summed E-state index contributed by atoms with van der Waals surface area (Å²) in [6.07, 6.45) is 0.796. The largest absolute Gasteiger partial charge is 0.325 e. The fraction of sp³-hybridized carbons (Fsp3) is 0.133. The normalized spacial score (nSPS) is 10.5. The highest BCUT2D eigenvalue weighted by Crippen LogP contribution is 2.26. The van der Waals surface area contributed by atoms with Gasteiger partial charge in [-0.2, -0.15) is 0 Å². The number of aryl methyl sites for hydroxylation is 1. The summed E-state index contributed by atoms with van der Waals surface area (Å²) in [5.41, 5.74) is 1.37. The highest BCUT2D eigenvalue weighted by Gasteiger charge is 2.08. The Kier molecular flexibility index (Phi) is 5.77. The number of anilines is 1. The van der Waals surface area contributed by atoms with Crippen LogP contribution in [0.15, 0.2) is 36.4 Å². The lowest BCUT2D eigenvalue weighted by molar-refractivity contribution is -0.116. The maximum atomic E-state index is 11.9. The summed E-state index contributed by atoms with van der Waals surface area (Å²) >= 11 is 23.8. The van der Waals surface area contributed by atoms with E-state index in [1.54, 1.807) is 30.3 Å². The molecule has 0 aliphatic heterocycles. The van der Waals surface area contributed by atoms with Gasteiger partial charge in [0.25, 0.3) is 0 Å². The van der Waals surface area contributed by atoms with Gasteiger partial charge in [0.05, 0.1) is 10.7 Å². The molecule has 0 fully saturated rings. The van der Waals surface area contributed by atoms with Crippen molar-refractivity contribution in [1.82, 2.24) is 0 Å². The minimum atomic E-state index is -0.162. The average molecular weight is 363 g/mol. The van der Waals surface area contributed by atoms with E-state index in [-0.39, 0.29) is 12.3 Å². The molecule has 21 heavy (non-hydrogen) atoms.